The molecule has 0 unspecified atom stereocenters. The molecule has 4 heteroatoms. The fourth-order valence-corrected chi connectivity index (χ4v) is 0.989. The van der Waals surface area contributed by atoms with E-state index in [-0.39, 0.29) is 24.9 Å². The summed E-state index contributed by atoms with van der Waals surface area (Å²) in [6.45, 7) is 5.45. The zero-order chi connectivity index (χ0) is 11.1. The van der Waals surface area contributed by atoms with Gasteiger partial charge in [-0.1, -0.05) is 5.92 Å². The van der Waals surface area contributed by atoms with Gasteiger partial charge in [-0.25, -0.2) is 0 Å². The lowest BCUT2D eigenvalue weighted by molar-refractivity contribution is -0.138. The van der Waals surface area contributed by atoms with Gasteiger partial charge in [-0.3, -0.25) is 9.59 Å². The maximum Gasteiger partial charge on any atom is 0.305 e. The number of hydrogen-bond donors (Lipinski definition) is 1. The summed E-state index contributed by atoms with van der Waals surface area (Å²) < 4.78 is 0. The molecule has 0 spiro atoms. The molecule has 0 radical (unpaired) electrons. The van der Waals surface area contributed by atoms with Gasteiger partial charge in [0.05, 0.1) is 6.42 Å². The van der Waals surface area contributed by atoms with Gasteiger partial charge in [-0.05, 0) is 26.7 Å². The summed E-state index contributed by atoms with van der Waals surface area (Å²) in [5.74, 6) is 3.67. The molecule has 0 saturated heterocycles. The molecule has 0 rings (SSSR count). The Morgan fingerprint density at radius 1 is 1.43 bits per heavy atom. The number of nitrogens with zero attached hydrogens (tertiary/aromatic N) is 1. The molecule has 0 atom stereocenters. The summed E-state index contributed by atoms with van der Waals surface area (Å²) in [6.07, 6.45) is -0.0463. The van der Waals surface area contributed by atoms with E-state index < -0.39 is 5.97 Å². The summed E-state index contributed by atoms with van der Waals surface area (Å²) >= 11 is 0. The van der Waals surface area contributed by atoms with Gasteiger partial charge in [0, 0.05) is 12.6 Å². The Hall–Kier alpha value is -1.50. The highest BCUT2D eigenvalue weighted by Crippen LogP contribution is 2.00. The summed E-state index contributed by atoms with van der Waals surface area (Å²) in [7, 11) is 0. The highest BCUT2D eigenvalue weighted by molar-refractivity contribution is 5.93. The van der Waals surface area contributed by atoms with E-state index in [1.54, 1.807) is 6.92 Å². The molecule has 4 nitrogen and oxygen atoms in total. The zero-order valence-corrected chi connectivity index (χ0v) is 8.70. The van der Waals surface area contributed by atoms with E-state index in [0.29, 0.717) is 0 Å². The zero-order valence-electron chi connectivity index (χ0n) is 8.70. The average molecular weight is 197 g/mol. The molecule has 0 fully saturated rings. The van der Waals surface area contributed by atoms with Crippen molar-refractivity contribution in [3.63, 3.8) is 0 Å². The van der Waals surface area contributed by atoms with Gasteiger partial charge < -0.3 is 10.0 Å². The smallest absolute Gasteiger partial charge is 0.305 e. The molecule has 0 saturated carbocycles. The maximum absolute atomic E-state index is 11.4. The number of carbonyl (C=O) groups excluding carboxylic acids is 1. The Balaban J connectivity index is 4.34. The monoisotopic (exact) mass is 197 g/mol. The number of carbonyl (C=O) groups is 2. The fourth-order valence-electron chi connectivity index (χ4n) is 0.989. The van der Waals surface area contributed by atoms with Gasteiger partial charge in [-0.2, -0.15) is 0 Å². The van der Waals surface area contributed by atoms with Crippen LogP contribution in [0, 0.1) is 11.8 Å². The quantitative estimate of drug-likeness (QED) is 0.676. The van der Waals surface area contributed by atoms with E-state index in [1.807, 2.05) is 13.8 Å². The van der Waals surface area contributed by atoms with Gasteiger partial charge in [-0.15, -0.1) is 0 Å². The van der Waals surface area contributed by atoms with Crippen LogP contribution in [0.1, 0.15) is 27.2 Å². The Bertz CT molecular complexity index is 273. The Labute approximate surface area is 83.9 Å². The van der Waals surface area contributed by atoms with Crippen LogP contribution < -0.4 is 0 Å². The van der Waals surface area contributed by atoms with Crippen LogP contribution in [0.4, 0.5) is 0 Å². The lowest BCUT2D eigenvalue weighted by Crippen LogP contribution is -2.37. The molecule has 1 N–H and O–H groups in total. The molecule has 0 aliphatic carbocycles. The molecule has 0 aliphatic rings. The number of aliphatic carboxylic acids is 1. The van der Waals surface area contributed by atoms with Crippen molar-refractivity contribution in [1.82, 2.24) is 4.90 Å². The van der Waals surface area contributed by atoms with Crippen LogP contribution in [0.15, 0.2) is 0 Å². The number of rotatable bonds is 4. The number of hydrogen-bond acceptors (Lipinski definition) is 2. The summed E-state index contributed by atoms with van der Waals surface area (Å²) in [5, 5.41) is 8.48. The first-order valence-corrected chi connectivity index (χ1v) is 4.44. The van der Waals surface area contributed by atoms with Crippen molar-refractivity contribution in [3.8, 4) is 11.8 Å². The normalized spacial score (nSPS) is 9.14. The lowest BCUT2D eigenvalue weighted by atomic mass is 10.2. The van der Waals surface area contributed by atoms with E-state index in [9.17, 15) is 9.59 Å². The molecule has 0 bridgehead atoms. The minimum Gasteiger partial charge on any atom is -0.481 e. The number of carboxylic acid groups (broad SMARTS) is 1. The molecule has 14 heavy (non-hydrogen) atoms. The van der Waals surface area contributed by atoms with Crippen molar-refractivity contribution in [3.05, 3.63) is 0 Å². The number of amides is 1. The Morgan fingerprint density at radius 2 is 2.00 bits per heavy atom. The van der Waals surface area contributed by atoms with Crippen molar-refractivity contribution >= 4 is 11.9 Å². The second-order valence-corrected chi connectivity index (χ2v) is 3.11. The van der Waals surface area contributed by atoms with Gasteiger partial charge in [0.1, 0.15) is 0 Å². The van der Waals surface area contributed by atoms with E-state index in [2.05, 4.69) is 11.8 Å². The predicted molar refractivity (Wildman–Crippen MR) is 52.6 cm³/mol. The van der Waals surface area contributed by atoms with Crippen molar-refractivity contribution in [2.24, 2.45) is 0 Å². The van der Waals surface area contributed by atoms with E-state index in [1.165, 1.54) is 4.90 Å². The molecular formula is C10H15NO3. The predicted octanol–water partition coefficient (Wildman–Crippen LogP) is 0.721. The molecule has 1 amide bonds. The van der Waals surface area contributed by atoms with Crippen molar-refractivity contribution in [2.75, 3.05) is 6.54 Å². The topological polar surface area (TPSA) is 57.6 Å². The SMILES string of the molecule is CC#CC(=O)N(CCC(=O)O)C(C)C. The maximum atomic E-state index is 11.4. The minimum absolute atomic E-state index is 0.0253. The lowest BCUT2D eigenvalue weighted by Gasteiger charge is -2.23. The third-order valence-corrected chi connectivity index (χ3v) is 1.68. The molecule has 78 valence electrons. The first-order valence-electron chi connectivity index (χ1n) is 4.44. The highest BCUT2D eigenvalue weighted by Gasteiger charge is 2.15. The van der Waals surface area contributed by atoms with Crippen LogP contribution in [0.5, 0.6) is 0 Å². The van der Waals surface area contributed by atoms with Crippen LogP contribution in [0.3, 0.4) is 0 Å². The van der Waals surface area contributed by atoms with Crippen molar-refractivity contribution < 1.29 is 14.7 Å². The fraction of sp³-hybridized carbons (Fsp3) is 0.600. The molecule has 0 aliphatic heterocycles. The van der Waals surface area contributed by atoms with Crippen molar-refractivity contribution in [1.29, 1.82) is 0 Å². The average Bonchev–Trinajstić information content (AvgIpc) is 2.03. The second kappa shape index (κ2) is 6.03. The van der Waals surface area contributed by atoms with Gasteiger partial charge in [0.15, 0.2) is 0 Å². The molecule has 0 aromatic rings. The van der Waals surface area contributed by atoms with Crippen LogP contribution >= 0.6 is 0 Å². The summed E-state index contributed by atoms with van der Waals surface area (Å²) in [5.41, 5.74) is 0. The minimum atomic E-state index is -0.909. The van der Waals surface area contributed by atoms with Crippen LogP contribution in [-0.4, -0.2) is 34.5 Å². The Morgan fingerprint density at radius 3 is 2.36 bits per heavy atom. The molecule has 0 heterocycles. The van der Waals surface area contributed by atoms with Gasteiger partial charge in [0.25, 0.3) is 5.91 Å². The van der Waals surface area contributed by atoms with E-state index in [0.717, 1.165) is 0 Å². The standard InChI is InChI=1S/C10H15NO3/c1-4-5-9(12)11(8(2)3)7-6-10(13)14/h8H,6-7H2,1-3H3,(H,13,14). The first-order chi connectivity index (χ1) is 6.49. The third-order valence-electron chi connectivity index (χ3n) is 1.68. The van der Waals surface area contributed by atoms with Crippen LogP contribution in [0.2, 0.25) is 0 Å². The van der Waals surface area contributed by atoms with E-state index in [4.69, 9.17) is 5.11 Å². The van der Waals surface area contributed by atoms with Crippen LogP contribution in [0.25, 0.3) is 0 Å². The van der Waals surface area contributed by atoms with E-state index >= 15 is 0 Å². The number of carboxylic acids is 1. The molecule has 0 aromatic carbocycles. The van der Waals surface area contributed by atoms with Gasteiger partial charge in [0.2, 0.25) is 0 Å². The van der Waals surface area contributed by atoms with Crippen LogP contribution in [-0.2, 0) is 9.59 Å². The molecule has 0 aromatic heterocycles. The molecular weight excluding hydrogens is 182 g/mol. The third kappa shape index (κ3) is 4.51. The summed E-state index contributed by atoms with van der Waals surface area (Å²) in [4.78, 5) is 23.1. The van der Waals surface area contributed by atoms with Crippen molar-refractivity contribution in [2.45, 2.75) is 33.2 Å². The van der Waals surface area contributed by atoms with Gasteiger partial charge >= 0.3 is 5.97 Å². The largest absolute Gasteiger partial charge is 0.481 e. The Kier molecular flexibility index (Phi) is 5.38. The first kappa shape index (κ1) is 12.5. The highest BCUT2D eigenvalue weighted by atomic mass is 16.4. The summed E-state index contributed by atoms with van der Waals surface area (Å²) in [6, 6.07) is -0.0253. The second-order valence-electron chi connectivity index (χ2n) is 3.11.